The lowest BCUT2D eigenvalue weighted by atomic mass is 9.96. The maximum absolute atomic E-state index is 12.7. The van der Waals surface area contributed by atoms with Crippen LogP contribution in [0.25, 0.3) is 34.2 Å². The summed E-state index contributed by atoms with van der Waals surface area (Å²) < 4.78 is 10.8. The summed E-state index contributed by atoms with van der Waals surface area (Å²) in [6.45, 7) is 5.77. The van der Waals surface area contributed by atoms with Crippen molar-refractivity contribution in [3.8, 4) is 45.7 Å². The highest BCUT2D eigenvalue weighted by molar-refractivity contribution is 6.01. The molecule has 0 fully saturated rings. The highest BCUT2D eigenvalue weighted by Gasteiger charge is 2.30. The molecular weight excluding hydrogens is 458 g/mol. The van der Waals surface area contributed by atoms with Crippen LogP contribution < -0.4 is 5.32 Å². The number of non-ortho nitro benzene ring substituents is 1. The van der Waals surface area contributed by atoms with Crippen LogP contribution in [0.4, 0.5) is 5.69 Å². The highest BCUT2D eigenvalue weighted by Crippen LogP contribution is 2.42. The van der Waals surface area contributed by atoms with E-state index in [0.717, 1.165) is 0 Å². The molecule has 0 aliphatic carbocycles. The standard InChI is InChI=1S/C23H21N5O7/c1-4-24-22(31)19-18(20(34-26-19)15-9-14(11(2)3)16(29)10-17(15)30)21-25-23(35-27-21)12-6-5-7-13(8-12)28(32)33/h5-11,29-30H,4H2,1-3H3,(H,24,31). The van der Waals surface area contributed by atoms with E-state index in [9.17, 15) is 25.1 Å². The molecule has 12 heteroatoms. The second kappa shape index (κ2) is 9.25. The lowest BCUT2D eigenvalue weighted by Gasteiger charge is -2.11. The van der Waals surface area contributed by atoms with Gasteiger partial charge in [0.15, 0.2) is 11.5 Å². The number of phenols is 2. The van der Waals surface area contributed by atoms with Crippen molar-refractivity contribution in [2.24, 2.45) is 0 Å². The Labute approximate surface area is 198 Å². The molecule has 0 atom stereocenters. The van der Waals surface area contributed by atoms with E-state index in [0.29, 0.717) is 17.7 Å². The van der Waals surface area contributed by atoms with Gasteiger partial charge in [-0.15, -0.1) is 0 Å². The minimum Gasteiger partial charge on any atom is -0.508 e. The predicted octanol–water partition coefficient (Wildman–Crippen LogP) is 4.25. The number of amides is 1. The van der Waals surface area contributed by atoms with Gasteiger partial charge in [0.25, 0.3) is 17.5 Å². The van der Waals surface area contributed by atoms with Crippen LogP contribution in [-0.4, -0.2) is 42.9 Å². The molecule has 2 aromatic heterocycles. The average molecular weight is 479 g/mol. The number of nitrogens with zero attached hydrogens (tertiary/aromatic N) is 4. The topological polar surface area (TPSA) is 178 Å². The fraction of sp³-hybridized carbons (Fsp3) is 0.217. The third-order valence-electron chi connectivity index (χ3n) is 5.21. The molecule has 0 saturated heterocycles. The second-order valence-corrected chi connectivity index (χ2v) is 7.91. The van der Waals surface area contributed by atoms with Gasteiger partial charge in [-0.1, -0.05) is 30.2 Å². The zero-order valence-corrected chi connectivity index (χ0v) is 19.0. The van der Waals surface area contributed by atoms with Gasteiger partial charge in [0.1, 0.15) is 17.1 Å². The van der Waals surface area contributed by atoms with E-state index in [1.165, 1.54) is 30.3 Å². The van der Waals surface area contributed by atoms with Crippen LogP contribution in [0, 0.1) is 10.1 Å². The lowest BCUT2D eigenvalue weighted by Crippen LogP contribution is -2.23. The number of hydrogen-bond donors (Lipinski definition) is 3. The quantitative estimate of drug-likeness (QED) is 0.256. The first kappa shape index (κ1) is 23.4. The Bertz CT molecular complexity index is 1420. The number of benzene rings is 2. The van der Waals surface area contributed by atoms with Crippen molar-refractivity contribution < 1.29 is 29.0 Å². The molecular formula is C23H21N5O7. The van der Waals surface area contributed by atoms with Crippen molar-refractivity contribution in [3.63, 3.8) is 0 Å². The van der Waals surface area contributed by atoms with Gasteiger partial charge >= 0.3 is 0 Å². The van der Waals surface area contributed by atoms with Gasteiger partial charge in [-0.25, -0.2) is 0 Å². The molecule has 3 N–H and O–H groups in total. The fourth-order valence-corrected chi connectivity index (χ4v) is 3.51. The summed E-state index contributed by atoms with van der Waals surface area (Å²) in [5, 5.41) is 42.3. The van der Waals surface area contributed by atoms with Gasteiger partial charge in [-0.05, 0) is 30.5 Å². The third kappa shape index (κ3) is 4.40. The first-order valence-corrected chi connectivity index (χ1v) is 10.6. The summed E-state index contributed by atoms with van der Waals surface area (Å²) in [5.74, 6) is -1.20. The van der Waals surface area contributed by atoms with Gasteiger partial charge in [-0.3, -0.25) is 14.9 Å². The van der Waals surface area contributed by atoms with Crippen molar-refractivity contribution in [1.82, 2.24) is 20.6 Å². The smallest absolute Gasteiger partial charge is 0.274 e. The maximum atomic E-state index is 12.7. The van der Waals surface area contributed by atoms with E-state index in [1.54, 1.807) is 13.0 Å². The zero-order chi connectivity index (χ0) is 25.3. The van der Waals surface area contributed by atoms with Crippen LogP contribution in [0.2, 0.25) is 0 Å². The number of nitrogens with one attached hydrogen (secondary N) is 1. The second-order valence-electron chi connectivity index (χ2n) is 7.91. The monoisotopic (exact) mass is 479 g/mol. The van der Waals surface area contributed by atoms with E-state index in [4.69, 9.17) is 9.05 Å². The van der Waals surface area contributed by atoms with E-state index in [2.05, 4.69) is 20.6 Å². The molecule has 2 aromatic carbocycles. The van der Waals surface area contributed by atoms with Crippen LogP contribution in [0.15, 0.2) is 45.4 Å². The van der Waals surface area contributed by atoms with Gasteiger partial charge in [0.05, 0.1) is 10.5 Å². The number of carbonyl (C=O) groups is 1. The highest BCUT2D eigenvalue weighted by atomic mass is 16.6. The first-order valence-electron chi connectivity index (χ1n) is 10.6. The van der Waals surface area contributed by atoms with Crippen molar-refractivity contribution in [1.29, 1.82) is 0 Å². The SMILES string of the molecule is CCNC(=O)c1noc(-c2cc(C(C)C)c(O)cc2O)c1-c1noc(-c2cccc([N+](=O)[O-])c2)n1. The summed E-state index contributed by atoms with van der Waals surface area (Å²) in [6.07, 6.45) is 0. The van der Waals surface area contributed by atoms with Crippen LogP contribution >= 0.6 is 0 Å². The van der Waals surface area contributed by atoms with Gasteiger partial charge < -0.3 is 24.6 Å². The number of nitro benzene ring substituents is 1. The molecule has 4 aromatic rings. The molecule has 0 unspecified atom stereocenters. The molecule has 1 amide bonds. The van der Waals surface area contributed by atoms with Crippen molar-refractivity contribution in [2.45, 2.75) is 26.7 Å². The minimum absolute atomic E-state index is 0.0166. The molecule has 2 heterocycles. The van der Waals surface area contributed by atoms with Crippen LogP contribution in [0.1, 0.15) is 42.7 Å². The van der Waals surface area contributed by atoms with Crippen LogP contribution in [-0.2, 0) is 0 Å². The van der Waals surface area contributed by atoms with E-state index < -0.39 is 10.8 Å². The largest absolute Gasteiger partial charge is 0.508 e. The Morgan fingerprint density at radius 2 is 1.91 bits per heavy atom. The number of carbonyl (C=O) groups excluding carboxylic acids is 1. The number of rotatable bonds is 7. The van der Waals surface area contributed by atoms with Crippen molar-refractivity contribution in [2.75, 3.05) is 6.54 Å². The molecule has 0 radical (unpaired) electrons. The Morgan fingerprint density at radius 3 is 2.60 bits per heavy atom. The molecule has 12 nitrogen and oxygen atoms in total. The van der Waals surface area contributed by atoms with E-state index in [1.807, 2.05) is 13.8 Å². The normalized spacial score (nSPS) is 11.1. The summed E-state index contributed by atoms with van der Waals surface area (Å²) in [5.41, 5.74) is 0.728. The van der Waals surface area contributed by atoms with Gasteiger partial charge in [0, 0.05) is 30.3 Å². The molecule has 0 bridgehead atoms. The Balaban J connectivity index is 1.89. The zero-order valence-electron chi connectivity index (χ0n) is 19.0. The minimum atomic E-state index is -0.568. The molecule has 0 spiro atoms. The Hall–Kier alpha value is -4.74. The molecule has 180 valence electrons. The predicted molar refractivity (Wildman–Crippen MR) is 123 cm³/mol. The number of nitro groups is 1. The maximum Gasteiger partial charge on any atom is 0.274 e. The molecule has 4 rings (SSSR count). The third-order valence-corrected chi connectivity index (χ3v) is 5.21. The molecule has 0 saturated carbocycles. The van der Waals surface area contributed by atoms with Crippen LogP contribution in [0.5, 0.6) is 11.5 Å². The number of aromatic hydroxyl groups is 2. The first-order chi connectivity index (χ1) is 16.7. The molecule has 0 aliphatic heterocycles. The summed E-state index contributed by atoms with van der Waals surface area (Å²) >= 11 is 0. The average Bonchev–Trinajstić information content (AvgIpc) is 3.46. The van der Waals surface area contributed by atoms with Gasteiger partial charge in [0.2, 0.25) is 5.82 Å². The van der Waals surface area contributed by atoms with Crippen molar-refractivity contribution >= 4 is 11.6 Å². The number of hydrogen-bond acceptors (Lipinski definition) is 10. The van der Waals surface area contributed by atoms with Crippen molar-refractivity contribution in [3.05, 3.63) is 57.8 Å². The van der Waals surface area contributed by atoms with Gasteiger partial charge in [-0.2, -0.15) is 4.98 Å². The lowest BCUT2D eigenvalue weighted by molar-refractivity contribution is -0.384. The Morgan fingerprint density at radius 1 is 1.14 bits per heavy atom. The van der Waals surface area contributed by atoms with Crippen LogP contribution in [0.3, 0.4) is 0 Å². The molecule has 0 aliphatic rings. The van der Waals surface area contributed by atoms with E-state index >= 15 is 0 Å². The molecule has 35 heavy (non-hydrogen) atoms. The summed E-state index contributed by atoms with van der Waals surface area (Å²) in [4.78, 5) is 27.6. The fourth-order valence-electron chi connectivity index (χ4n) is 3.51. The summed E-state index contributed by atoms with van der Waals surface area (Å²) in [7, 11) is 0. The summed E-state index contributed by atoms with van der Waals surface area (Å²) in [6, 6.07) is 8.34. The number of aromatic nitrogens is 3. The number of phenolic OH excluding ortho intramolecular Hbond substituents is 2. The van der Waals surface area contributed by atoms with E-state index in [-0.39, 0.29) is 57.4 Å². The Kier molecular flexibility index (Phi) is 6.19.